The van der Waals surface area contributed by atoms with Gasteiger partial charge in [-0.05, 0) is 30.7 Å². The normalized spacial score (nSPS) is 18.7. The largest absolute Gasteiger partial charge is 0.352 e. The Balaban J connectivity index is 1.76. The number of fused-ring (bicyclic) bond motifs is 1. The molecule has 1 N–H and O–H groups in total. The minimum absolute atomic E-state index is 0.0788. The Morgan fingerprint density at radius 3 is 3.04 bits per heavy atom. The van der Waals surface area contributed by atoms with Gasteiger partial charge in [0.25, 0.3) is 0 Å². The molecule has 1 aliphatic rings. The molecule has 1 fully saturated rings. The third kappa shape index (κ3) is 4.89. The number of amides is 1. The first kappa shape index (κ1) is 20.3. The van der Waals surface area contributed by atoms with E-state index in [-0.39, 0.29) is 11.9 Å². The van der Waals surface area contributed by atoms with Crippen molar-refractivity contribution in [2.45, 2.75) is 43.5 Å². The van der Waals surface area contributed by atoms with Crippen LogP contribution in [0.5, 0.6) is 0 Å². The van der Waals surface area contributed by atoms with Crippen molar-refractivity contribution < 1.29 is 9.00 Å². The summed E-state index contributed by atoms with van der Waals surface area (Å²) in [6.45, 7) is 3.50. The average molecular weight is 406 g/mol. The number of rotatable bonds is 8. The second-order valence-corrected chi connectivity index (χ2v) is 9.28. The van der Waals surface area contributed by atoms with Crippen LogP contribution in [0.25, 0.3) is 10.8 Å². The summed E-state index contributed by atoms with van der Waals surface area (Å²) in [6, 6.07) is 6.02. The minimum atomic E-state index is -1.24. The number of aryl methyl sites for hydroxylation is 1. The molecule has 0 radical (unpaired) electrons. The second kappa shape index (κ2) is 9.66. The van der Waals surface area contributed by atoms with Crippen LogP contribution in [0, 0.1) is 0 Å². The molecule has 3 rings (SSSR count). The van der Waals surface area contributed by atoms with Crippen LogP contribution in [-0.4, -0.2) is 50.5 Å². The third-order valence-electron chi connectivity index (χ3n) is 4.81. The van der Waals surface area contributed by atoms with E-state index >= 15 is 0 Å². The van der Waals surface area contributed by atoms with Crippen molar-refractivity contribution in [2.24, 2.45) is 0 Å². The van der Waals surface area contributed by atoms with E-state index in [1.807, 2.05) is 41.2 Å². The molecule has 1 amide bonds. The number of aromatic nitrogens is 1. The van der Waals surface area contributed by atoms with E-state index < -0.39 is 11.0 Å². The van der Waals surface area contributed by atoms with Crippen molar-refractivity contribution in [2.75, 3.05) is 25.1 Å². The molecule has 5 nitrogen and oxygen atoms in total. The van der Waals surface area contributed by atoms with Gasteiger partial charge in [0.2, 0.25) is 5.91 Å². The van der Waals surface area contributed by atoms with Gasteiger partial charge in [-0.1, -0.05) is 25.5 Å². The van der Waals surface area contributed by atoms with Gasteiger partial charge in [0, 0.05) is 54.5 Å². The van der Waals surface area contributed by atoms with Crippen LogP contribution in [0.15, 0.2) is 35.5 Å². The molecule has 2 atom stereocenters. The Hall–Kier alpha value is -1.44. The molecular weight excluding hydrogens is 378 g/mol. The van der Waals surface area contributed by atoms with Crippen molar-refractivity contribution in [3.63, 3.8) is 0 Å². The zero-order valence-electron chi connectivity index (χ0n) is 15.9. The topological polar surface area (TPSA) is 62.3 Å². The number of pyridine rings is 1. The summed E-state index contributed by atoms with van der Waals surface area (Å²) in [6.07, 6.45) is 9.06. The van der Waals surface area contributed by atoms with Crippen molar-refractivity contribution in [1.82, 2.24) is 14.6 Å². The van der Waals surface area contributed by atoms with Crippen molar-refractivity contribution in [1.29, 1.82) is 0 Å². The van der Waals surface area contributed by atoms with Crippen LogP contribution in [0.4, 0.5) is 0 Å². The monoisotopic (exact) mass is 405 g/mol. The fourth-order valence-corrected chi connectivity index (χ4v) is 5.38. The number of hydrogen-bond acceptors (Lipinski definition) is 4. The van der Waals surface area contributed by atoms with Crippen LogP contribution in [-0.2, 0) is 22.2 Å². The van der Waals surface area contributed by atoms with E-state index in [4.69, 9.17) is 0 Å². The van der Waals surface area contributed by atoms with E-state index in [9.17, 15) is 9.00 Å². The molecule has 0 spiro atoms. The predicted octanol–water partition coefficient (Wildman–Crippen LogP) is 3.15. The molecule has 1 aliphatic heterocycles. The number of nitrogens with zero attached hydrogens (tertiary/aromatic N) is 2. The maximum atomic E-state index is 13.3. The lowest BCUT2D eigenvalue weighted by Crippen LogP contribution is -2.37. The summed E-state index contributed by atoms with van der Waals surface area (Å²) in [5, 5.41) is 5.19. The molecule has 0 aliphatic carbocycles. The highest BCUT2D eigenvalue weighted by molar-refractivity contribution is 7.98. The maximum Gasteiger partial charge on any atom is 0.221 e. The molecule has 2 heterocycles. The Bertz CT molecular complexity index is 823. The Kier molecular flexibility index (Phi) is 7.26. The van der Waals surface area contributed by atoms with Gasteiger partial charge in [-0.3, -0.25) is 9.78 Å². The van der Waals surface area contributed by atoms with Gasteiger partial charge in [-0.15, -0.1) is 0 Å². The number of benzene rings is 1. The molecular formula is C20H27N3O2S2. The number of carbonyl (C=O) groups excluding carboxylic acids is 1. The van der Waals surface area contributed by atoms with Crippen molar-refractivity contribution >= 4 is 39.4 Å². The highest BCUT2D eigenvalue weighted by atomic mass is 32.2. The molecule has 2 aromatic rings. The molecule has 0 saturated carbocycles. The SMILES string of the molecule is CCCc1cncc2cccc(S(=O)N3CC[C@H](NC(=O)CCSC)C3)c12. The number of nitrogens with one attached hydrogen (secondary N) is 1. The van der Waals surface area contributed by atoms with Crippen molar-refractivity contribution in [3.05, 3.63) is 36.2 Å². The first-order chi connectivity index (χ1) is 13.1. The van der Waals surface area contributed by atoms with Gasteiger partial charge in [0.05, 0.1) is 4.90 Å². The summed E-state index contributed by atoms with van der Waals surface area (Å²) in [7, 11) is -1.24. The Morgan fingerprint density at radius 1 is 1.41 bits per heavy atom. The lowest BCUT2D eigenvalue weighted by molar-refractivity contribution is -0.121. The zero-order chi connectivity index (χ0) is 19.2. The predicted molar refractivity (Wildman–Crippen MR) is 113 cm³/mol. The van der Waals surface area contributed by atoms with E-state index in [2.05, 4.69) is 17.2 Å². The van der Waals surface area contributed by atoms with E-state index in [1.165, 1.54) is 0 Å². The standard InChI is InChI=1S/C20H27N3O2S2/c1-3-5-15-12-21-13-16-6-4-7-18(20(15)16)27(25)23-10-8-17(14-23)22-19(24)9-11-26-2/h4,6-7,12-13,17H,3,5,8-11,14H2,1-2H3,(H,22,24)/t17-,27?/m0/s1. The van der Waals surface area contributed by atoms with Gasteiger partial charge < -0.3 is 5.32 Å². The smallest absolute Gasteiger partial charge is 0.221 e. The molecule has 7 heteroatoms. The molecule has 1 unspecified atom stereocenters. The molecule has 27 heavy (non-hydrogen) atoms. The summed E-state index contributed by atoms with van der Waals surface area (Å²) in [4.78, 5) is 17.2. The second-order valence-electron chi connectivity index (χ2n) is 6.84. The fourth-order valence-electron chi connectivity index (χ4n) is 3.51. The lowest BCUT2D eigenvalue weighted by Gasteiger charge is -2.18. The maximum absolute atomic E-state index is 13.3. The van der Waals surface area contributed by atoms with E-state index in [1.54, 1.807) is 11.8 Å². The van der Waals surface area contributed by atoms with Gasteiger partial charge >= 0.3 is 0 Å². The molecule has 146 valence electrons. The van der Waals surface area contributed by atoms with Crippen LogP contribution < -0.4 is 5.32 Å². The molecule has 1 saturated heterocycles. The number of hydrogen-bond donors (Lipinski definition) is 1. The summed E-state index contributed by atoms with van der Waals surface area (Å²) in [5.74, 6) is 0.918. The summed E-state index contributed by atoms with van der Waals surface area (Å²) < 4.78 is 15.3. The Labute approximate surface area is 167 Å². The van der Waals surface area contributed by atoms with Crippen LogP contribution in [0.2, 0.25) is 0 Å². The quantitative estimate of drug-likeness (QED) is 0.733. The van der Waals surface area contributed by atoms with Crippen LogP contribution in [0.3, 0.4) is 0 Å². The number of carbonyl (C=O) groups is 1. The van der Waals surface area contributed by atoms with Crippen LogP contribution in [0.1, 0.15) is 31.7 Å². The number of thioether (sulfide) groups is 1. The zero-order valence-corrected chi connectivity index (χ0v) is 17.6. The summed E-state index contributed by atoms with van der Waals surface area (Å²) in [5.41, 5.74) is 1.15. The molecule has 0 bridgehead atoms. The fraction of sp³-hybridized carbons (Fsp3) is 0.500. The highest BCUT2D eigenvalue weighted by Crippen LogP contribution is 2.28. The van der Waals surface area contributed by atoms with E-state index in [0.29, 0.717) is 13.0 Å². The van der Waals surface area contributed by atoms with Crippen molar-refractivity contribution in [3.8, 4) is 0 Å². The minimum Gasteiger partial charge on any atom is -0.352 e. The average Bonchev–Trinajstić information content (AvgIpc) is 3.14. The third-order valence-corrected chi connectivity index (χ3v) is 6.94. The van der Waals surface area contributed by atoms with Gasteiger partial charge in [-0.25, -0.2) is 8.51 Å². The molecule has 1 aromatic heterocycles. The Morgan fingerprint density at radius 2 is 2.26 bits per heavy atom. The molecule has 1 aromatic carbocycles. The van der Waals surface area contributed by atoms with Crippen LogP contribution >= 0.6 is 11.8 Å². The van der Waals surface area contributed by atoms with Gasteiger partial charge in [0.1, 0.15) is 11.0 Å². The van der Waals surface area contributed by atoms with E-state index in [0.717, 1.165) is 52.8 Å². The summed E-state index contributed by atoms with van der Waals surface area (Å²) >= 11 is 1.67. The van der Waals surface area contributed by atoms with Gasteiger partial charge in [-0.2, -0.15) is 11.8 Å². The first-order valence-electron chi connectivity index (χ1n) is 9.44. The van der Waals surface area contributed by atoms with Gasteiger partial charge in [0.15, 0.2) is 0 Å². The first-order valence-corrected chi connectivity index (χ1v) is 11.9. The lowest BCUT2D eigenvalue weighted by atomic mass is 10.0. The highest BCUT2D eigenvalue weighted by Gasteiger charge is 2.29.